The Hall–Kier alpha value is -2.16. The van der Waals surface area contributed by atoms with Gasteiger partial charge in [-0.15, -0.1) is 0 Å². The van der Waals surface area contributed by atoms with Gasteiger partial charge in [0.25, 0.3) is 5.91 Å². The highest BCUT2D eigenvalue weighted by molar-refractivity contribution is 9.10. The molecule has 2 aromatic rings. The lowest BCUT2D eigenvalue weighted by molar-refractivity contribution is -0.128. The zero-order chi connectivity index (χ0) is 15.5. The minimum atomic E-state index is -0.390. The first-order valence-electron chi connectivity index (χ1n) is 6.83. The van der Waals surface area contributed by atoms with Crippen molar-refractivity contribution in [1.82, 2.24) is 4.90 Å². The number of nitriles is 1. The van der Waals surface area contributed by atoms with E-state index in [1.807, 2.05) is 36.4 Å². The number of hydrogen-bond acceptors (Lipinski definition) is 3. The van der Waals surface area contributed by atoms with Crippen LogP contribution >= 0.6 is 15.9 Å². The van der Waals surface area contributed by atoms with Crippen LogP contribution in [0, 0.1) is 11.3 Å². The Bertz CT molecular complexity index is 737. The van der Waals surface area contributed by atoms with Crippen molar-refractivity contribution in [2.45, 2.75) is 12.8 Å². The van der Waals surface area contributed by atoms with Crippen LogP contribution in [-0.2, 0) is 16.1 Å². The molecule has 1 amide bonds. The normalized spacial score (nSPS) is 17.5. The fourth-order valence-electron chi connectivity index (χ4n) is 2.44. The van der Waals surface area contributed by atoms with Gasteiger partial charge in [-0.3, -0.25) is 4.79 Å². The first-order chi connectivity index (χ1) is 10.7. The van der Waals surface area contributed by atoms with Crippen LogP contribution in [-0.4, -0.2) is 17.4 Å². The molecular formula is C17H13BrN2O2. The lowest BCUT2D eigenvalue weighted by Gasteiger charge is -2.24. The molecule has 0 aliphatic carbocycles. The number of carbonyl (C=O) groups is 1. The number of ether oxygens (including phenoxy) is 1. The molecule has 1 aliphatic rings. The minimum Gasteiger partial charge on any atom is -0.344 e. The van der Waals surface area contributed by atoms with Gasteiger partial charge >= 0.3 is 0 Å². The minimum absolute atomic E-state index is 0.0369. The monoisotopic (exact) mass is 356 g/mol. The van der Waals surface area contributed by atoms with Crippen molar-refractivity contribution in [3.8, 4) is 6.07 Å². The summed E-state index contributed by atoms with van der Waals surface area (Å²) in [6.45, 7) is 0.540. The Morgan fingerprint density at radius 2 is 1.95 bits per heavy atom. The Morgan fingerprint density at radius 1 is 1.23 bits per heavy atom. The van der Waals surface area contributed by atoms with Crippen molar-refractivity contribution in [1.29, 1.82) is 5.26 Å². The van der Waals surface area contributed by atoms with Gasteiger partial charge in [-0.05, 0) is 23.8 Å². The van der Waals surface area contributed by atoms with E-state index in [1.54, 1.807) is 17.0 Å². The van der Waals surface area contributed by atoms with E-state index in [0.29, 0.717) is 12.1 Å². The third kappa shape index (κ3) is 2.89. The van der Waals surface area contributed by atoms with Gasteiger partial charge in [-0.1, -0.05) is 46.3 Å². The fraction of sp³-hybridized carbons (Fsp3) is 0.176. The zero-order valence-electron chi connectivity index (χ0n) is 11.7. The largest absolute Gasteiger partial charge is 0.344 e. The van der Waals surface area contributed by atoms with Crippen molar-refractivity contribution in [3.05, 3.63) is 69.7 Å². The third-order valence-corrected chi connectivity index (χ3v) is 4.30. The molecule has 0 bridgehead atoms. The number of carbonyl (C=O) groups excluding carboxylic acids is 1. The molecule has 0 spiro atoms. The first-order valence-corrected chi connectivity index (χ1v) is 7.63. The van der Waals surface area contributed by atoms with E-state index in [4.69, 9.17) is 10.00 Å². The number of hydrogen-bond donors (Lipinski definition) is 0. The highest BCUT2D eigenvalue weighted by Crippen LogP contribution is 2.33. The van der Waals surface area contributed by atoms with Crippen molar-refractivity contribution >= 4 is 21.8 Å². The van der Waals surface area contributed by atoms with E-state index in [0.717, 1.165) is 15.6 Å². The van der Waals surface area contributed by atoms with Crippen LogP contribution in [0.2, 0.25) is 0 Å². The molecule has 2 aromatic carbocycles. The lowest BCUT2D eigenvalue weighted by atomic mass is 10.1. The van der Waals surface area contributed by atoms with E-state index in [9.17, 15) is 4.79 Å². The van der Waals surface area contributed by atoms with Gasteiger partial charge in [-0.25, -0.2) is 0 Å². The third-order valence-electron chi connectivity index (χ3n) is 3.58. The second-order valence-electron chi connectivity index (χ2n) is 5.02. The lowest BCUT2D eigenvalue weighted by Crippen LogP contribution is -2.28. The SMILES string of the molecule is N#Cc1ccc(CN2C(=O)COC2c2ccccc2Br)cc1. The number of rotatable bonds is 3. The van der Waals surface area contributed by atoms with Gasteiger partial charge in [-0.2, -0.15) is 5.26 Å². The first kappa shape index (κ1) is 14.8. The second kappa shape index (κ2) is 6.30. The number of benzene rings is 2. The Kier molecular flexibility index (Phi) is 4.23. The van der Waals surface area contributed by atoms with Gasteiger partial charge in [0.05, 0.1) is 11.6 Å². The Morgan fingerprint density at radius 3 is 2.64 bits per heavy atom. The molecule has 22 heavy (non-hydrogen) atoms. The summed E-state index contributed by atoms with van der Waals surface area (Å²) in [6, 6.07) is 17.0. The van der Waals surface area contributed by atoms with Crippen molar-refractivity contribution < 1.29 is 9.53 Å². The summed E-state index contributed by atoms with van der Waals surface area (Å²) in [4.78, 5) is 13.8. The Balaban J connectivity index is 1.85. The van der Waals surface area contributed by atoms with Gasteiger partial charge in [0, 0.05) is 16.6 Å². The van der Waals surface area contributed by atoms with Crippen LogP contribution in [0.4, 0.5) is 0 Å². The molecular weight excluding hydrogens is 344 g/mol. The van der Waals surface area contributed by atoms with E-state index in [1.165, 1.54) is 0 Å². The van der Waals surface area contributed by atoms with Crippen LogP contribution in [0.3, 0.4) is 0 Å². The average molecular weight is 357 g/mol. The molecule has 1 fully saturated rings. The van der Waals surface area contributed by atoms with Gasteiger partial charge in [0.15, 0.2) is 6.23 Å². The summed E-state index contributed by atoms with van der Waals surface area (Å²) in [5.74, 6) is -0.0369. The quantitative estimate of drug-likeness (QED) is 0.846. The molecule has 0 aromatic heterocycles. The zero-order valence-corrected chi connectivity index (χ0v) is 13.3. The molecule has 1 atom stereocenters. The van der Waals surface area contributed by atoms with Crippen molar-refractivity contribution in [2.75, 3.05) is 6.61 Å². The molecule has 0 saturated carbocycles. The summed E-state index contributed by atoms with van der Waals surface area (Å²) < 4.78 is 6.57. The fourth-order valence-corrected chi connectivity index (χ4v) is 2.92. The maximum atomic E-state index is 12.1. The number of amides is 1. The van der Waals surface area contributed by atoms with Crippen LogP contribution in [0.1, 0.15) is 22.9 Å². The van der Waals surface area contributed by atoms with Gasteiger partial charge in [0.2, 0.25) is 0 Å². The molecule has 4 nitrogen and oxygen atoms in total. The predicted octanol–water partition coefficient (Wildman–Crippen LogP) is 3.38. The van der Waals surface area contributed by atoms with E-state index in [-0.39, 0.29) is 12.5 Å². The van der Waals surface area contributed by atoms with Crippen LogP contribution in [0.15, 0.2) is 53.0 Å². The highest BCUT2D eigenvalue weighted by atomic mass is 79.9. The smallest absolute Gasteiger partial charge is 0.251 e. The molecule has 0 N–H and O–H groups in total. The summed E-state index contributed by atoms with van der Waals surface area (Å²) in [5, 5.41) is 8.84. The summed E-state index contributed by atoms with van der Waals surface area (Å²) in [6.07, 6.45) is -0.390. The molecule has 110 valence electrons. The van der Waals surface area contributed by atoms with Crippen LogP contribution in [0.25, 0.3) is 0 Å². The molecule has 5 heteroatoms. The van der Waals surface area contributed by atoms with E-state index in [2.05, 4.69) is 22.0 Å². The molecule has 1 aliphatic heterocycles. The summed E-state index contributed by atoms with van der Waals surface area (Å²) in [5.41, 5.74) is 2.51. The highest BCUT2D eigenvalue weighted by Gasteiger charge is 2.33. The van der Waals surface area contributed by atoms with Crippen LogP contribution in [0.5, 0.6) is 0 Å². The number of halogens is 1. The molecule has 3 rings (SSSR count). The van der Waals surface area contributed by atoms with Gasteiger partial charge in [0.1, 0.15) is 6.61 Å². The predicted molar refractivity (Wildman–Crippen MR) is 84.5 cm³/mol. The maximum absolute atomic E-state index is 12.1. The van der Waals surface area contributed by atoms with Crippen LogP contribution < -0.4 is 0 Å². The average Bonchev–Trinajstić information content (AvgIpc) is 2.90. The van der Waals surface area contributed by atoms with Crippen molar-refractivity contribution in [2.24, 2.45) is 0 Å². The topological polar surface area (TPSA) is 53.3 Å². The summed E-state index contributed by atoms with van der Waals surface area (Å²) in [7, 11) is 0. The standard InChI is InChI=1S/C17H13BrN2O2/c18-15-4-2-1-3-14(15)17-20(16(21)11-22-17)10-13-7-5-12(9-19)6-8-13/h1-8,17H,10-11H2. The Labute approximate surface area is 137 Å². The second-order valence-corrected chi connectivity index (χ2v) is 5.87. The molecule has 0 radical (unpaired) electrons. The molecule has 1 heterocycles. The number of nitrogens with zero attached hydrogens (tertiary/aromatic N) is 2. The van der Waals surface area contributed by atoms with Crippen molar-refractivity contribution in [3.63, 3.8) is 0 Å². The molecule has 1 saturated heterocycles. The summed E-state index contributed by atoms with van der Waals surface area (Å²) >= 11 is 3.50. The van der Waals surface area contributed by atoms with E-state index < -0.39 is 6.23 Å². The molecule has 1 unspecified atom stereocenters. The van der Waals surface area contributed by atoms with E-state index >= 15 is 0 Å². The van der Waals surface area contributed by atoms with Gasteiger partial charge < -0.3 is 9.64 Å². The maximum Gasteiger partial charge on any atom is 0.251 e.